The Labute approximate surface area is 119 Å². The van der Waals surface area contributed by atoms with Crippen LogP contribution in [0.15, 0.2) is 42.5 Å². The molecular formula is C18H20O2. The molecule has 2 nitrogen and oxygen atoms in total. The summed E-state index contributed by atoms with van der Waals surface area (Å²) in [4.78, 5) is 11.9. The van der Waals surface area contributed by atoms with Gasteiger partial charge in [-0.15, -0.1) is 0 Å². The molecule has 4 bridgehead atoms. The largest absolute Gasteiger partial charge is 0.481 e. The summed E-state index contributed by atoms with van der Waals surface area (Å²) in [6.07, 6.45) is 4.64. The molecule has 2 atom stereocenters. The zero-order chi connectivity index (χ0) is 14.0. The van der Waals surface area contributed by atoms with Crippen LogP contribution >= 0.6 is 0 Å². The van der Waals surface area contributed by atoms with E-state index < -0.39 is 11.4 Å². The molecule has 2 unspecified atom stereocenters. The second-order valence-electron chi connectivity index (χ2n) is 7.19. The summed E-state index contributed by atoms with van der Waals surface area (Å²) in [6, 6.07) is 10.6. The Morgan fingerprint density at radius 2 is 1.70 bits per heavy atom. The van der Waals surface area contributed by atoms with Crippen molar-refractivity contribution in [1.29, 1.82) is 0 Å². The highest BCUT2D eigenvalue weighted by atomic mass is 16.4. The van der Waals surface area contributed by atoms with Gasteiger partial charge in [0.1, 0.15) is 0 Å². The van der Waals surface area contributed by atoms with Gasteiger partial charge in [-0.05, 0) is 54.9 Å². The first-order chi connectivity index (χ1) is 9.55. The maximum Gasteiger partial charge on any atom is 0.309 e. The van der Waals surface area contributed by atoms with E-state index in [1.807, 2.05) is 6.07 Å². The zero-order valence-corrected chi connectivity index (χ0v) is 11.6. The predicted octanol–water partition coefficient (Wildman–Crippen LogP) is 3.78. The van der Waals surface area contributed by atoms with Gasteiger partial charge in [0.25, 0.3) is 0 Å². The maximum atomic E-state index is 11.9. The van der Waals surface area contributed by atoms with Gasteiger partial charge in [-0.25, -0.2) is 0 Å². The number of rotatable bonds is 2. The van der Waals surface area contributed by atoms with E-state index in [4.69, 9.17) is 0 Å². The van der Waals surface area contributed by atoms with E-state index in [-0.39, 0.29) is 5.41 Å². The average Bonchev–Trinajstić information content (AvgIpc) is 2.44. The van der Waals surface area contributed by atoms with Crippen LogP contribution in [0, 0.1) is 17.3 Å². The first-order valence-corrected chi connectivity index (χ1v) is 7.52. The van der Waals surface area contributed by atoms with Crippen LogP contribution in [0.1, 0.15) is 37.7 Å². The summed E-state index contributed by atoms with van der Waals surface area (Å²) in [7, 11) is 0. The third-order valence-electron chi connectivity index (χ3n) is 6.11. The zero-order valence-electron chi connectivity index (χ0n) is 11.6. The van der Waals surface area contributed by atoms with Gasteiger partial charge in [0.05, 0.1) is 5.41 Å². The molecule has 5 rings (SSSR count). The van der Waals surface area contributed by atoms with Crippen molar-refractivity contribution in [2.45, 2.75) is 37.5 Å². The normalized spacial score (nSPS) is 41.9. The average molecular weight is 268 g/mol. The van der Waals surface area contributed by atoms with E-state index in [0.29, 0.717) is 11.8 Å². The van der Waals surface area contributed by atoms with E-state index >= 15 is 0 Å². The molecule has 1 N–H and O–H groups in total. The lowest BCUT2D eigenvalue weighted by Crippen LogP contribution is -2.57. The summed E-state index contributed by atoms with van der Waals surface area (Å²) in [5, 5.41) is 9.80. The number of hydrogen-bond acceptors (Lipinski definition) is 1. The molecule has 0 radical (unpaired) electrons. The summed E-state index contributed by atoms with van der Waals surface area (Å²) < 4.78 is 0. The van der Waals surface area contributed by atoms with Crippen LogP contribution in [0.25, 0.3) is 0 Å². The molecule has 4 aliphatic rings. The van der Waals surface area contributed by atoms with Crippen molar-refractivity contribution < 1.29 is 9.90 Å². The monoisotopic (exact) mass is 268 g/mol. The molecule has 4 saturated carbocycles. The number of carbonyl (C=O) groups is 1. The van der Waals surface area contributed by atoms with Crippen molar-refractivity contribution in [3.63, 3.8) is 0 Å². The third-order valence-corrected chi connectivity index (χ3v) is 6.11. The molecule has 1 aromatic carbocycles. The predicted molar refractivity (Wildman–Crippen MR) is 77.4 cm³/mol. The first kappa shape index (κ1) is 12.2. The lowest BCUT2D eigenvalue weighted by molar-refractivity contribution is -0.162. The molecule has 0 heterocycles. The van der Waals surface area contributed by atoms with Gasteiger partial charge in [0.15, 0.2) is 0 Å². The van der Waals surface area contributed by atoms with Crippen LogP contribution in [0.5, 0.6) is 0 Å². The van der Waals surface area contributed by atoms with Crippen LogP contribution in [0.3, 0.4) is 0 Å². The Morgan fingerprint density at radius 3 is 2.25 bits per heavy atom. The molecular weight excluding hydrogens is 248 g/mol. The van der Waals surface area contributed by atoms with Crippen LogP contribution in [0.2, 0.25) is 0 Å². The van der Waals surface area contributed by atoms with Crippen molar-refractivity contribution >= 4 is 5.97 Å². The summed E-state index contributed by atoms with van der Waals surface area (Å²) in [5.41, 5.74) is 2.25. The molecule has 4 aliphatic carbocycles. The van der Waals surface area contributed by atoms with E-state index in [9.17, 15) is 9.90 Å². The smallest absolute Gasteiger partial charge is 0.309 e. The highest BCUT2D eigenvalue weighted by molar-refractivity contribution is 5.76. The number of aliphatic carboxylic acids is 1. The molecule has 20 heavy (non-hydrogen) atoms. The van der Waals surface area contributed by atoms with Crippen LogP contribution < -0.4 is 0 Å². The number of benzene rings is 1. The van der Waals surface area contributed by atoms with Crippen molar-refractivity contribution in [3.8, 4) is 0 Å². The Balaban J connectivity index is 1.84. The lowest BCUT2D eigenvalue weighted by Gasteiger charge is -2.61. The SMILES string of the molecule is C=C1C2CC3(C(=O)O)CC1CC(c1ccccc1)(C2)C3. The third kappa shape index (κ3) is 1.42. The molecule has 1 aromatic rings. The van der Waals surface area contributed by atoms with Crippen molar-refractivity contribution in [1.82, 2.24) is 0 Å². The van der Waals surface area contributed by atoms with Crippen molar-refractivity contribution in [2.24, 2.45) is 17.3 Å². The molecule has 2 heteroatoms. The van der Waals surface area contributed by atoms with Gasteiger partial charge in [-0.1, -0.05) is 42.5 Å². The number of carboxylic acid groups (broad SMARTS) is 1. The number of allylic oxidation sites excluding steroid dienone is 1. The second kappa shape index (κ2) is 3.75. The quantitative estimate of drug-likeness (QED) is 0.829. The standard InChI is InChI=1S/C18H20O2/c1-12-13-7-17(15-5-3-2-4-6-15)8-14(12)10-18(9-13,11-17)16(19)20/h2-6,13-14H,1,7-11H2,(H,19,20). The van der Waals surface area contributed by atoms with Gasteiger partial charge >= 0.3 is 5.97 Å². The van der Waals surface area contributed by atoms with Gasteiger partial charge in [-0.3, -0.25) is 4.79 Å². The van der Waals surface area contributed by atoms with E-state index in [1.165, 1.54) is 11.1 Å². The molecule has 0 spiro atoms. The van der Waals surface area contributed by atoms with Gasteiger partial charge in [0, 0.05) is 0 Å². The van der Waals surface area contributed by atoms with E-state index in [1.54, 1.807) is 0 Å². The minimum absolute atomic E-state index is 0.0761. The molecule has 0 aliphatic heterocycles. The van der Waals surface area contributed by atoms with Crippen LogP contribution in [-0.2, 0) is 10.2 Å². The van der Waals surface area contributed by atoms with Crippen molar-refractivity contribution in [2.75, 3.05) is 0 Å². The highest BCUT2D eigenvalue weighted by Gasteiger charge is 2.62. The van der Waals surface area contributed by atoms with Gasteiger partial charge < -0.3 is 5.11 Å². The Bertz CT molecular complexity index is 569. The van der Waals surface area contributed by atoms with Crippen LogP contribution in [0.4, 0.5) is 0 Å². The Morgan fingerprint density at radius 1 is 1.10 bits per heavy atom. The van der Waals surface area contributed by atoms with Crippen LogP contribution in [-0.4, -0.2) is 11.1 Å². The summed E-state index contributed by atoms with van der Waals surface area (Å²) >= 11 is 0. The first-order valence-electron chi connectivity index (χ1n) is 7.52. The molecule has 0 aromatic heterocycles. The van der Waals surface area contributed by atoms with E-state index in [2.05, 4.69) is 30.8 Å². The summed E-state index contributed by atoms with van der Waals surface area (Å²) in [6.45, 7) is 4.28. The van der Waals surface area contributed by atoms with E-state index in [0.717, 1.165) is 32.1 Å². The molecule has 104 valence electrons. The fourth-order valence-electron chi connectivity index (χ4n) is 5.37. The number of hydrogen-bond donors (Lipinski definition) is 1. The fourth-order valence-corrected chi connectivity index (χ4v) is 5.37. The Kier molecular flexibility index (Phi) is 2.28. The minimum Gasteiger partial charge on any atom is -0.481 e. The fraction of sp³-hybridized carbons (Fsp3) is 0.500. The highest BCUT2D eigenvalue weighted by Crippen LogP contribution is 2.67. The molecule has 0 amide bonds. The molecule has 0 saturated heterocycles. The second-order valence-corrected chi connectivity index (χ2v) is 7.19. The lowest BCUT2D eigenvalue weighted by atomic mass is 9.42. The summed E-state index contributed by atoms with van der Waals surface area (Å²) in [5.74, 6) is 0.236. The number of carboxylic acids is 1. The van der Waals surface area contributed by atoms with Crippen molar-refractivity contribution in [3.05, 3.63) is 48.0 Å². The maximum absolute atomic E-state index is 11.9. The minimum atomic E-state index is -0.584. The Hall–Kier alpha value is -1.57. The molecule has 4 fully saturated rings. The van der Waals surface area contributed by atoms with Gasteiger partial charge in [0.2, 0.25) is 0 Å². The topological polar surface area (TPSA) is 37.3 Å². The van der Waals surface area contributed by atoms with Gasteiger partial charge in [-0.2, -0.15) is 0 Å².